The summed E-state index contributed by atoms with van der Waals surface area (Å²) in [4.78, 5) is 12.4. The second-order valence-corrected chi connectivity index (χ2v) is 6.42. The van der Waals surface area contributed by atoms with E-state index in [4.69, 9.17) is 9.37 Å². The Labute approximate surface area is 156 Å². The van der Waals surface area contributed by atoms with Crippen LogP contribution < -0.4 is 10.1 Å². The van der Waals surface area contributed by atoms with Crippen LogP contribution in [0.25, 0.3) is 11.3 Å². The molecule has 0 unspecified atom stereocenters. The van der Waals surface area contributed by atoms with E-state index in [9.17, 15) is 9.18 Å². The maximum absolute atomic E-state index is 13.7. The zero-order chi connectivity index (χ0) is 19.4. The van der Waals surface area contributed by atoms with Crippen molar-refractivity contribution in [1.29, 1.82) is 0 Å². The second-order valence-electron chi connectivity index (χ2n) is 6.42. The number of amides is 1. The van der Waals surface area contributed by atoms with Gasteiger partial charge in [0.05, 0.1) is 0 Å². The quantitative estimate of drug-likeness (QED) is 0.697. The van der Waals surface area contributed by atoms with Crippen LogP contribution in [0.5, 0.6) is 5.75 Å². The van der Waals surface area contributed by atoms with Gasteiger partial charge in [-0.3, -0.25) is 4.79 Å². The molecule has 1 aromatic heterocycles. The summed E-state index contributed by atoms with van der Waals surface area (Å²) in [5.74, 6) is -0.436. The molecule has 1 atom stereocenters. The molecule has 3 aromatic rings. The Balaban J connectivity index is 1.72. The fourth-order valence-electron chi connectivity index (χ4n) is 2.49. The molecule has 140 valence electrons. The van der Waals surface area contributed by atoms with E-state index in [2.05, 4.69) is 29.5 Å². The van der Waals surface area contributed by atoms with Gasteiger partial charge >= 0.3 is 0 Å². The maximum Gasteiger partial charge on any atom is 0.266 e. The van der Waals surface area contributed by atoms with Crippen LogP contribution in [0.15, 0.2) is 53.2 Å². The van der Waals surface area contributed by atoms with Crippen molar-refractivity contribution in [2.75, 3.05) is 5.32 Å². The van der Waals surface area contributed by atoms with Crippen LogP contribution in [0.2, 0.25) is 0 Å². The number of carbonyl (C=O) groups excluding carboxylic acids is 1. The fourth-order valence-corrected chi connectivity index (χ4v) is 2.49. The Morgan fingerprint density at radius 1 is 1.07 bits per heavy atom. The maximum atomic E-state index is 13.7. The van der Waals surface area contributed by atoms with E-state index in [1.165, 1.54) is 24.6 Å². The summed E-state index contributed by atoms with van der Waals surface area (Å²) in [6.45, 7) is 5.73. The summed E-state index contributed by atoms with van der Waals surface area (Å²) >= 11 is 0. The largest absolute Gasteiger partial charge is 0.478 e. The van der Waals surface area contributed by atoms with Gasteiger partial charge in [-0.25, -0.2) is 9.02 Å². The summed E-state index contributed by atoms with van der Waals surface area (Å²) in [7, 11) is 0. The molecular weight excluding hydrogens is 349 g/mol. The highest BCUT2D eigenvalue weighted by Gasteiger charge is 2.21. The van der Waals surface area contributed by atoms with Gasteiger partial charge in [0.1, 0.15) is 0 Å². The van der Waals surface area contributed by atoms with Crippen molar-refractivity contribution in [3.8, 4) is 17.0 Å². The van der Waals surface area contributed by atoms with E-state index in [1.54, 1.807) is 12.1 Å². The first-order valence-corrected chi connectivity index (χ1v) is 8.60. The van der Waals surface area contributed by atoms with Crippen molar-refractivity contribution in [2.24, 2.45) is 0 Å². The Morgan fingerprint density at radius 3 is 2.44 bits per heavy atom. The number of benzene rings is 2. The highest BCUT2D eigenvalue weighted by atomic mass is 19.1. The molecule has 0 aliphatic carbocycles. The van der Waals surface area contributed by atoms with Crippen LogP contribution >= 0.6 is 0 Å². The summed E-state index contributed by atoms with van der Waals surface area (Å²) < 4.78 is 23.8. The normalized spacial score (nSPS) is 12.0. The number of nitrogens with one attached hydrogen (secondary N) is 1. The van der Waals surface area contributed by atoms with E-state index in [0.29, 0.717) is 11.6 Å². The molecule has 1 N–H and O–H groups in total. The lowest BCUT2D eigenvalue weighted by Crippen LogP contribution is -2.30. The first kappa shape index (κ1) is 18.6. The smallest absolute Gasteiger partial charge is 0.266 e. The van der Waals surface area contributed by atoms with E-state index in [1.807, 2.05) is 24.3 Å². The van der Waals surface area contributed by atoms with Crippen LogP contribution in [0.3, 0.4) is 0 Å². The Kier molecular flexibility index (Phi) is 5.49. The summed E-state index contributed by atoms with van der Waals surface area (Å²) in [5.41, 5.74) is 2.36. The van der Waals surface area contributed by atoms with Crippen LogP contribution in [0, 0.1) is 5.82 Å². The third kappa shape index (κ3) is 4.31. The molecule has 6 nitrogen and oxygen atoms in total. The molecule has 2 aromatic carbocycles. The van der Waals surface area contributed by atoms with Gasteiger partial charge in [-0.15, -0.1) is 0 Å². The minimum atomic E-state index is -0.935. The minimum Gasteiger partial charge on any atom is -0.478 e. The Bertz CT molecular complexity index is 922. The molecule has 0 spiro atoms. The lowest BCUT2D eigenvalue weighted by molar-refractivity contribution is -0.122. The van der Waals surface area contributed by atoms with Gasteiger partial charge in [0.25, 0.3) is 5.91 Å². The Hall–Kier alpha value is -3.22. The summed E-state index contributed by atoms with van der Waals surface area (Å²) in [5, 5.41) is 10.2. The lowest BCUT2D eigenvalue weighted by Gasteiger charge is -2.14. The number of hydrogen-bond acceptors (Lipinski definition) is 5. The number of carbonyl (C=O) groups is 1. The molecule has 7 heteroatoms. The van der Waals surface area contributed by atoms with Crippen LogP contribution in [-0.4, -0.2) is 22.3 Å². The van der Waals surface area contributed by atoms with Gasteiger partial charge in [0, 0.05) is 5.56 Å². The molecule has 0 aliphatic heterocycles. The monoisotopic (exact) mass is 369 g/mol. The van der Waals surface area contributed by atoms with Crippen molar-refractivity contribution >= 4 is 11.7 Å². The highest BCUT2D eigenvalue weighted by Crippen LogP contribution is 2.26. The molecule has 0 radical (unpaired) electrons. The van der Waals surface area contributed by atoms with Crippen LogP contribution in [0.4, 0.5) is 10.2 Å². The number of rotatable bonds is 6. The SMILES string of the molecule is CC(C)c1ccc(-c2nonc2NC(=O)[C@@H](C)Oc2ccccc2F)cc1. The van der Waals surface area contributed by atoms with E-state index >= 15 is 0 Å². The van der Waals surface area contributed by atoms with Gasteiger partial charge in [-0.05, 0) is 40.9 Å². The molecular formula is C20H20FN3O3. The molecule has 0 bridgehead atoms. The number of ether oxygens (including phenoxy) is 1. The van der Waals surface area contributed by atoms with Gasteiger partial charge in [-0.1, -0.05) is 50.2 Å². The predicted octanol–water partition coefficient (Wildman–Crippen LogP) is 4.41. The highest BCUT2D eigenvalue weighted by molar-refractivity contribution is 5.95. The lowest BCUT2D eigenvalue weighted by atomic mass is 10.0. The number of anilines is 1. The molecule has 0 saturated heterocycles. The first-order valence-electron chi connectivity index (χ1n) is 8.60. The minimum absolute atomic E-state index is 0.00271. The summed E-state index contributed by atoms with van der Waals surface area (Å²) in [6.07, 6.45) is -0.935. The number of halogens is 1. The van der Waals surface area contributed by atoms with Gasteiger partial charge in [0.15, 0.2) is 23.4 Å². The number of para-hydroxylation sites is 1. The average molecular weight is 369 g/mol. The van der Waals surface area contributed by atoms with Gasteiger partial charge < -0.3 is 10.1 Å². The second kappa shape index (κ2) is 7.99. The standard InChI is InChI=1S/C20H20FN3O3/c1-12(2)14-8-10-15(11-9-14)18-19(24-27-23-18)22-20(25)13(3)26-17-7-5-4-6-16(17)21/h4-13H,1-3H3,(H,22,24,25)/t13-/m1/s1. The zero-order valence-electron chi connectivity index (χ0n) is 15.3. The zero-order valence-corrected chi connectivity index (χ0v) is 15.3. The molecule has 0 aliphatic rings. The van der Waals surface area contributed by atoms with Crippen molar-refractivity contribution in [3.63, 3.8) is 0 Å². The number of hydrogen-bond donors (Lipinski definition) is 1. The topological polar surface area (TPSA) is 77.3 Å². The van der Waals surface area contributed by atoms with E-state index in [-0.39, 0.29) is 11.6 Å². The average Bonchev–Trinajstić information content (AvgIpc) is 3.11. The van der Waals surface area contributed by atoms with Gasteiger partial charge in [0.2, 0.25) is 5.82 Å². The first-order chi connectivity index (χ1) is 13.0. The number of aromatic nitrogens is 2. The fraction of sp³-hybridized carbons (Fsp3) is 0.250. The van der Waals surface area contributed by atoms with Crippen molar-refractivity contribution in [2.45, 2.75) is 32.8 Å². The number of nitrogens with zero attached hydrogens (tertiary/aromatic N) is 2. The van der Waals surface area contributed by atoms with Crippen molar-refractivity contribution < 1.29 is 18.6 Å². The molecule has 1 amide bonds. The molecule has 3 rings (SSSR count). The molecule has 1 heterocycles. The summed E-state index contributed by atoms with van der Waals surface area (Å²) in [6, 6.07) is 13.7. The molecule has 0 fully saturated rings. The molecule has 27 heavy (non-hydrogen) atoms. The van der Waals surface area contributed by atoms with E-state index < -0.39 is 17.8 Å². The molecule has 0 saturated carbocycles. The van der Waals surface area contributed by atoms with E-state index in [0.717, 1.165) is 5.56 Å². The van der Waals surface area contributed by atoms with Crippen molar-refractivity contribution in [1.82, 2.24) is 10.3 Å². The van der Waals surface area contributed by atoms with Crippen LogP contribution in [0.1, 0.15) is 32.3 Å². The van der Waals surface area contributed by atoms with Crippen LogP contribution in [-0.2, 0) is 4.79 Å². The third-order valence-corrected chi connectivity index (χ3v) is 4.09. The third-order valence-electron chi connectivity index (χ3n) is 4.09. The Morgan fingerprint density at radius 2 is 1.78 bits per heavy atom. The van der Waals surface area contributed by atoms with Crippen molar-refractivity contribution in [3.05, 3.63) is 59.9 Å². The van der Waals surface area contributed by atoms with Gasteiger partial charge in [-0.2, -0.15) is 0 Å². The predicted molar refractivity (Wildman–Crippen MR) is 98.9 cm³/mol.